The Kier molecular flexibility index (Phi) is 3.11. The number of rotatable bonds is 3. The quantitative estimate of drug-likeness (QED) is 0.768. The van der Waals surface area contributed by atoms with E-state index < -0.39 is 5.60 Å². The second-order valence-corrected chi connectivity index (χ2v) is 4.28. The molecule has 0 aliphatic carbocycles. The zero-order valence-electron chi connectivity index (χ0n) is 8.99. The Morgan fingerprint density at radius 2 is 2.21 bits per heavy atom. The van der Waals surface area contributed by atoms with Gasteiger partial charge in [-0.25, -0.2) is 4.98 Å². The van der Waals surface area contributed by atoms with Crippen LogP contribution in [0.1, 0.15) is 26.3 Å². The highest BCUT2D eigenvalue weighted by Crippen LogP contribution is 2.21. The summed E-state index contributed by atoms with van der Waals surface area (Å²) in [6, 6.07) is 3.68. The smallest absolute Gasteiger partial charge is 0.123 e. The van der Waals surface area contributed by atoms with Crippen LogP contribution in [-0.2, 0) is 6.42 Å². The zero-order valence-corrected chi connectivity index (χ0v) is 8.99. The number of nitrogens with zero attached hydrogens (tertiary/aromatic N) is 1. The van der Waals surface area contributed by atoms with Gasteiger partial charge in [-0.3, -0.25) is 0 Å². The van der Waals surface area contributed by atoms with Gasteiger partial charge in [-0.2, -0.15) is 0 Å². The molecule has 3 heteroatoms. The van der Waals surface area contributed by atoms with E-state index >= 15 is 0 Å². The minimum absolute atomic E-state index is 0.219. The Morgan fingerprint density at radius 3 is 2.71 bits per heavy atom. The molecule has 3 N–H and O–H groups in total. The Morgan fingerprint density at radius 1 is 1.57 bits per heavy atom. The van der Waals surface area contributed by atoms with Crippen LogP contribution in [0.2, 0.25) is 0 Å². The molecule has 0 aromatic carbocycles. The van der Waals surface area contributed by atoms with Crippen LogP contribution in [0, 0.1) is 5.92 Å². The summed E-state index contributed by atoms with van der Waals surface area (Å²) >= 11 is 0. The van der Waals surface area contributed by atoms with E-state index in [-0.39, 0.29) is 5.92 Å². The third kappa shape index (κ3) is 2.70. The first-order valence-electron chi connectivity index (χ1n) is 4.84. The van der Waals surface area contributed by atoms with Crippen molar-refractivity contribution in [3.05, 3.63) is 23.9 Å². The lowest BCUT2D eigenvalue weighted by Gasteiger charge is -2.27. The molecular formula is C11H18N2O. The highest BCUT2D eigenvalue weighted by atomic mass is 16.3. The van der Waals surface area contributed by atoms with E-state index in [4.69, 9.17) is 5.73 Å². The lowest BCUT2D eigenvalue weighted by atomic mass is 9.86. The van der Waals surface area contributed by atoms with E-state index in [0.29, 0.717) is 12.2 Å². The highest BCUT2D eigenvalue weighted by Gasteiger charge is 2.24. The largest absolute Gasteiger partial charge is 0.390 e. The van der Waals surface area contributed by atoms with Crippen LogP contribution in [0.25, 0.3) is 0 Å². The van der Waals surface area contributed by atoms with E-state index in [0.717, 1.165) is 5.56 Å². The van der Waals surface area contributed by atoms with Crippen LogP contribution < -0.4 is 5.73 Å². The molecule has 1 rings (SSSR count). The zero-order chi connectivity index (χ0) is 10.8. The average molecular weight is 194 g/mol. The summed E-state index contributed by atoms with van der Waals surface area (Å²) in [4.78, 5) is 3.91. The highest BCUT2D eigenvalue weighted by molar-refractivity contribution is 5.32. The lowest BCUT2D eigenvalue weighted by Crippen LogP contribution is -2.33. The minimum Gasteiger partial charge on any atom is -0.390 e. The van der Waals surface area contributed by atoms with E-state index in [2.05, 4.69) is 4.98 Å². The molecule has 0 bridgehead atoms. The third-order valence-corrected chi connectivity index (χ3v) is 2.65. The Bertz CT molecular complexity index is 308. The number of anilines is 1. The predicted molar refractivity (Wildman–Crippen MR) is 57.8 cm³/mol. The van der Waals surface area contributed by atoms with Crippen LogP contribution >= 0.6 is 0 Å². The van der Waals surface area contributed by atoms with Crippen molar-refractivity contribution < 1.29 is 5.11 Å². The van der Waals surface area contributed by atoms with Crippen LogP contribution in [0.15, 0.2) is 18.3 Å². The lowest BCUT2D eigenvalue weighted by molar-refractivity contribution is 0.0140. The summed E-state index contributed by atoms with van der Waals surface area (Å²) in [5.41, 5.74) is 5.90. The van der Waals surface area contributed by atoms with Crippen molar-refractivity contribution in [2.24, 2.45) is 5.92 Å². The summed E-state index contributed by atoms with van der Waals surface area (Å²) in [7, 11) is 0. The van der Waals surface area contributed by atoms with Crippen LogP contribution in [0.3, 0.4) is 0 Å². The van der Waals surface area contributed by atoms with Gasteiger partial charge in [-0.05, 0) is 30.5 Å². The molecule has 3 nitrogen and oxygen atoms in total. The van der Waals surface area contributed by atoms with Gasteiger partial charge in [0.05, 0.1) is 5.60 Å². The van der Waals surface area contributed by atoms with Gasteiger partial charge < -0.3 is 10.8 Å². The number of aromatic nitrogens is 1. The van der Waals surface area contributed by atoms with Gasteiger partial charge in [0.25, 0.3) is 0 Å². The van der Waals surface area contributed by atoms with Gasteiger partial charge >= 0.3 is 0 Å². The summed E-state index contributed by atoms with van der Waals surface area (Å²) in [6.45, 7) is 5.85. The maximum Gasteiger partial charge on any atom is 0.123 e. The van der Waals surface area contributed by atoms with Crippen molar-refractivity contribution >= 4 is 5.82 Å². The summed E-state index contributed by atoms with van der Waals surface area (Å²) in [5.74, 6) is 0.721. The molecule has 1 atom stereocenters. The maximum absolute atomic E-state index is 10.1. The molecule has 1 aromatic rings. The molecule has 0 aliphatic rings. The fourth-order valence-corrected chi connectivity index (χ4v) is 1.22. The topological polar surface area (TPSA) is 59.1 Å². The van der Waals surface area contributed by atoms with Crippen molar-refractivity contribution in [1.82, 2.24) is 4.98 Å². The molecule has 1 heterocycles. The van der Waals surface area contributed by atoms with Gasteiger partial charge in [0.15, 0.2) is 0 Å². The van der Waals surface area contributed by atoms with Crippen LogP contribution in [-0.4, -0.2) is 15.7 Å². The fourth-order valence-electron chi connectivity index (χ4n) is 1.22. The molecule has 0 spiro atoms. The molecular weight excluding hydrogens is 176 g/mol. The monoisotopic (exact) mass is 194 g/mol. The van der Waals surface area contributed by atoms with Gasteiger partial charge in [0, 0.05) is 12.6 Å². The van der Waals surface area contributed by atoms with Crippen molar-refractivity contribution in [3.63, 3.8) is 0 Å². The third-order valence-electron chi connectivity index (χ3n) is 2.65. The number of pyridine rings is 1. The van der Waals surface area contributed by atoms with Gasteiger partial charge in [-0.1, -0.05) is 13.8 Å². The van der Waals surface area contributed by atoms with E-state index in [1.165, 1.54) is 0 Å². The first-order valence-corrected chi connectivity index (χ1v) is 4.84. The Hall–Kier alpha value is -1.09. The molecule has 0 radical (unpaired) electrons. The van der Waals surface area contributed by atoms with Gasteiger partial charge in [-0.15, -0.1) is 0 Å². The first kappa shape index (κ1) is 11.0. The number of aliphatic hydroxyl groups is 1. The number of nitrogens with two attached hydrogens (primary N) is 1. The van der Waals surface area contributed by atoms with Crippen LogP contribution in [0.5, 0.6) is 0 Å². The number of nitrogen functional groups attached to an aromatic ring is 1. The summed E-state index contributed by atoms with van der Waals surface area (Å²) in [5, 5.41) is 10.1. The average Bonchev–Trinajstić information content (AvgIpc) is 2.02. The standard InChI is InChI=1S/C11H18N2O/c1-8(2)11(3,14)7-9-4-5-13-10(12)6-9/h4-6,8,14H,7H2,1-3H3,(H2,12,13). The Labute approximate surface area is 85.0 Å². The van der Waals surface area contributed by atoms with E-state index in [1.54, 1.807) is 12.3 Å². The van der Waals surface area contributed by atoms with Crippen molar-refractivity contribution in [2.45, 2.75) is 32.8 Å². The molecule has 0 fully saturated rings. The summed E-state index contributed by atoms with van der Waals surface area (Å²) < 4.78 is 0. The number of hydrogen-bond donors (Lipinski definition) is 2. The van der Waals surface area contributed by atoms with Gasteiger partial charge in [0.1, 0.15) is 5.82 Å². The molecule has 1 unspecified atom stereocenters. The molecule has 0 saturated carbocycles. The van der Waals surface area contributed by atoms with Crippen LogP contribution in [0.4, 0.5) is 5.82 Å². The van der Waals surface area contributed by atoms with E-state index in [1.807, 2.05) is 26.8 Å². The molecule has 14 heavy (non-hydrogen) atoms. The Balaban J connectivity index is 2.78. The minimum atomic E-state index is -0.687. The van der Waals surface area contributed by atoms with E-state index in [9.17, 15) is 5.11 Å². The number of hydrogen-bond acceptors (Lipinski definition) is 3. The second-order valence-electron chi connectivity index (χ2n) is 4.28. The van der Waals surface area contributed by atoms with Crippen molar-refractivity contribution in [3.8, 4) is 0 Å². The van der Waals surface area contributed by atoms with Crippen molar-refractivity contribution in [2.75, 3.05) is 5.73 Å². The fraction of sp³-hybridized carbons (Fsp3) is 0.545. The SMILES string of the molecule is CC(C)C(C)(O)Cc1ccnc(N)c1. The normalized spacial score (nSPS) is 15.5. The molecule has 0 aliphatic heterocycles. The second kappa shape index (κ2) is 3.96. The van der Waals surface area contributed by atoms with Crippen molar-refractivity contribution in [1.29, 1.82) is 0 Å². The molecule has 78 valence electrons. The first-order chi connectivity index (χ1) is 6.42. The predicted octanol–water partition coefficient (Wildman–Crippen LogP) is 1.61. The molecule has 1 aromatic heterocycles. The molecule has 0 amide bonds. The van der Waals surface area contributed by atoms with Gasteiger partial charge in [0.2, 0.25) is 0 Å². The summed E-state index contributed by atoms with van der Waals surface area (Å²) in [6.07, 6.45) is 2.28. The maximum atomic E-state index is 10.1. The molecule has 0 saturated heterocycles.